The van der Waals surface area contributed by atoms with E-state index < -0.39 is 36.2 Å². The molecule has 31 heavy (non-hydrogen) atoms. The number of esters is 1. The number of phenols is 1. The van der Waals surface area contributed by atoms with Crippen LogP contribution in [-0.2, 0) is 14.3 Å². The lowest BCUT2D eigenvalue weighted by Crippen LogP contribution is -2.32. The number of phenolic OH excluding ortho intramolecular Hbond substituents is 1. The van der Waals surface area contributed by atoms with Gasteiger partial charge in [-0.15, -0.1) is 0 Å². The van der Waals surface area contributed by atoms with Gasteiger partial charge in [-0.1, -0.05) is 25.2 Å². The molecule has 4 atom stereocenters. The summed E-state index contributed by atoms with van der Waals surface area (Å²) in [6, 6.07) is 2.81. The fraction of sp³-hybridized carbons (Fsp3) is 0.409. The minimum Gasteiger partial charge on any atom is -0.507 e. The normalized spacial score (nSPS) is 29.5. The minimum atomic E-state index is -1.60. The molecule has 0 unspecified atom stereocenters. The van der Waals surface area contributed by atoms with Gasteiger partial charge in [-0.3, -0.25) is 9.69 Å². The maximum atomic E-state index is 12.8. The predicted molar refractivity (Wildman–Crippen MR) is 111 cm³/mol. The number of aromatic hydroxyl groups is 1. The van der Waals surface area contributed by atoms with E-state index in [-0.39, 0.29) is 35.8 Å². The minimum absolute atomic E-state index is 0.0854. The quantitative estimate of drug-likeness (QED) is 0.573. The molecule has 0 bridgehead atoms. The fourth-order valence-corrected chi connectivity index (χ4v) is 3.26. The van der Waals surface area contributed by atoms with E-state index in [1.54, 1.807) is 13.8 Å². The van der Waals surface area contributed by atoms with Gasteiger partial charge < -0.3 is 24.8 Å². The molecule has 2 aliphatic heterocycles. The first-order valence-electron chi connectivity index (χ1n) is 9.96. The molecule has 3 rings (SSSR count). The van der Waals surface area contributed by atoms with Crippen LogP contribution in [0.4, 0.5) is 10.5 Å². The molecule has 1 amide bonds. The summed E-state index contributed by atoms with van der Waals surface area (Å²) in [6.45, 7) is 3.85. The van der Waals surface area contributed by atoms with Crippen LogP contribution in [0.25, 0.3) is 6.08 Å². The van der Waals surface area contributed by atoms with Crippen molar-refractivity contribution in [2.45, 2.75) is 38.6 Å². The van der Waals surface area contributed by atoms with E-state index in [0.29, 0.717) is 12.2 Å². The third-order valence-corrected chi connectivity index (χ3v) is 5.34. The van der Waals surface area contributed by atoms with Crippen molar-refractivity contribution in [2.75, 3.05) is 18.1 Å². The number of aliphatic hydroxyl groups excluding tert-OH is 2. The Morgan fingerprint density at radius 2 is 1.84 bits per heavy atom. The standard InChI is InChI=1S/C22H25NO8/c1-12-6-7-17(25)20(27)16(24)5-3-4-14-10-15(23-8-9-30-22(23)29)11-18(26)19(14)21(28)31-13(12)2/h3-4,6-7,10-13,16,20,24,26-27H,5,8-9H2,1-2H3/b4-3+,7-6-/t12-,13+,16+,20+/m1/s1. The molecule has 1 saturated heterocycles. The molecule has 166 valence electrons. The molecule has 1 aromatic carbocycles. The lowest BCUT2D eigenvalue weighted by molar-refractivity contribution is -0.127. The van der Waals surface area contributed by atoms with Crippen molar-refractivity contribution in [1.29, 1.82) is 0 Å². The fourth-order valence-electron chi connectivity index (χ4n) is 3.26. The van der Waals surface area contributed by atoms with Gasteiger partial charge in [0.2, 0.25) is 0 Å². The van der Waals surface area contributed by atoms with Gasteiger partial charge in [0.25, 0.3) is 0 Å². The number of carbonyl (C=O) groups excluding carboxylic acids is 3. The first kappa shape index (κ1) is 22.5. The van der Waals surface area contributed by atoms with Gasteiger partial charge in [0.1, 0.15) is 30.1 Å². The number of ketones is 1. The average Bonchev–Trinajstić information content (AvgIpc) is 3.15. The third-order valence-electron chi connectivity index (χ3n) is 5.34. The Balaban J connectivity index is 2.04. The largest absolute Gasteiger partial charge is 0.507 e. The number of fused-ring (bicyclic) bond motifs is 1. The van der Waals surface area contributed by atoms with E-state index in [4.69, 9.17) is 9.47 Å². The highest BCUT2D eigenvalue weighted by molar-refractivity contribution is 5.99. The number of hydrogen-bond donors (Lipinski definition) is 3. The number of benzene rings is 1. The zero-order chi connectivity index (χ0) is 22.7. The Hall–Kier alpha value is -3.17. The Morgan fingerprint density at radius 1 is 1.10 bits per heavy atom. The number of nitrogens with zero attached hydrogens (tertiary/aromatic N) is 1. The van der Waals surface area contributed by atoms with Crippen LogP contribution in [-0.4, -0.2) is 64.6 Å². The van der Waals surface area contributed by atoms with Gasteiger partial charge in [0.15, 0.2) is 5.78 Å². The summed E-state index contributed by atoms with van der Waals surface area (Å²) in [5.74, 6) is -2.18. The van der Waals surface area contributed by atoms with Crippen LogP contribution in [0.5, 0.6) is 5.75 Å². The molecule has 1 aromatic rings. The summed E-state index contributed by atoms with van der Waals surface area (Å²) in [6.07, 6.45) is 1.29. The van der Waals surface area contributed by atoms with Crippen molar-refractivity contribution < 1.29 is 39.2 Å². The Labute approximate surface area is 179 Å². The summed E-state index contributed by atoms with van der Waals surface area (Å²) in [5, 5.41) is 30.7. The lowest BCUT2D eigenvalue weighted by Gasteiger charge is -2.21. The van der Waals surface area contributed by atoms with E-state index in [0.717, 1.165) is 6.08 Å². The first-order valence-corrected chi connectivity index (χ1v) is 9.96. The molecule has 0 aliphatic carbocycles. The van der Waals surface area contributed by atoms with Crippen LogP contribution in [0.2, 0.25) is 0 Å². The van der Waals surface area contributed by atoms with Crippen molar-refractivity contribution in [3.8, 4) is 5.75 Å². The highest BCUT2D eigenvalue weighted by Gasteiger charge is 2.28. The van der Waals surface area contributed by atoms with Crippen molar-refractivity contribution in [3.05, 3.63) is 41.5 Å². The molecule has 1 fully saturated rings. The predicted octanol–water partition coefficient (Wildman–Crippen LogP) is 1.79. The molecule has 2 heterocycles. The second kappa shape index (κ2) is 9.32. The van der Waals surface area contributed by atoms with E-state index in [1.165, 1.54) is 35.3 Å². The van der Waals surface area contributed by atoms with Gasteiger partial charge >= 0.3 is 12.1 Å². The van der Waals surface area contributed by atoms with Crippen LogP contribution in [0.3, 0.4) is 0 Å². The number of ether oxygens (including phenoxy) is 2. The van der Waals surface area contributed by atoms with Crippen molar-refractivity contribution in [2.24, 2.45) is 5.92 Å². The van der Waals surface area contributed by atoms with E-state index in [2.05, 4.69) is 0 Å². The van der Waals surface area contributed by atoms with Crippen molar-refractivity contribution >= 4 is 29.6 Å². The Bertz CT molecular complexity index is 938. The molecule has 9 heteroatoms. The monoisotopic (exact) mass is 431 g/mol. The first-order chi connectivity index (χ1) is 14.7. The number of cyclic esters (lactones) is 2. The number of anilines is 1. The van der Waals surface area contributed by atoms with Gasteiger partial charge in [0, 0.05) is 12.0 Å². The van der Waals surface area contributed by atoms with Crippen LogP contribution in [0.1, 0.15) is 36.2 Å². The van der Waals surface area contributed by atoms with Gasteiger partial charge in [-0.05, 0) is 31.1 Å². The van der Waals surface area contributed by atoms with Crippen LogP contribution in [0, 0.1) is 5.92 Å². The van der Waals surface area contributed by atoms with Crippen LogP contribution in [0.15, 0.2) is 30.4 Å². The SMILES string of the molecule is C[C@@H]1/C=C\C(=O)[C@@H](O)[C@@H](O)C/C=C/c2cc(N3CCOC3=O)cc(O)c2C(=O)O[C@H]1C. The molecular formula is C22H25NO8. The van der Waals surface area contributed by atoms with Gasteiger partial charge in [-0.2, -0.15) is 0 Å². The highest BCUT2D eigenvalue weighted by Crippen LogP contribution is 2.32. The maximum absolute atomic E-state index is 12.8. The summed E-state index contributed by atoms with van der Waals surface area (Å²) >= 11 is 0. The number of hydrogen-bond acceptors (Lipinski definition) is 8. The van der Waals surface area contributed by atoms with E-state index in [9.17, 15) is 29.7 Å². The van der Waals surface area contributed by atoms with Gasteiger partial charge in [-0.25, -0.2) is 9.59 Å². The number of rotatable bonds is 1. The molecule has 0 radical (unpaired) electrons. The molecule has 0 aromatic heterocycles. The zero-order valence-electron chi connectivity index (χ0n) is 17.2. The van der Waals surface area contributed by atoms with Crippen molar-refractivity contribution in [3.63, 3.8) is 0 Å². The summed E-state index contributed by atoms with van der Waals surface area (Å²) < 4.78 is 10.4. The number of amides is 1. The molecule has 0 spiro atoms. The molecule has 9 nitrogen and oxygen atoms in total. The molecule has 3 N–H and O–H groups in total. The zero-order valence-corrected chi connectivity index (χ0v) is 17.2. The molecule has 0 saturated carbocycles. The number of carbonyl (C=O) groups is 3. The van der Waals surface area contributed by atoms with E-state index in [1.807, 2.05) is 0 Å². The third kappa shape index (κ3) is 4.95. The van der Waals surface area contributed by atoms with Crippen LogP contribution < -0.4 is 4.90 Å². The molecular weight excluding hydrogens is 406 g/mol. The summed E-state index contributed by atoms with van der Waals surface area (Å²) in [5.41, 5.74) is 0.483. The second-order valence-electron chi connectivity index (χ2n) is 7.58. The summed E-state index contributed by atoms with van der Waals surface area (Å²) in [4.78, 5) is 38.1. The summed E-state index contributed by atoms with van der Waals surface area (Å²) in [7, 11) is 0. The number of aliphatic hydroxyl groups is 2. The topological polar surface area (TPSA) is 134 Å². The highest BCUT2D eigenvalue weighted by atomic mass is 16.6. The Morgan fingerprint density at radius 3 is 2.52 bits per heavy atom. The smallest absolute Gasteiger partial charge is 0.414 e. The average molecular weight is 431 g/mol. The molecule has 2 aliphatic rings. The Kier molecular flexibility index (Phi) is 6.77. The van der Waals surface area contributed by atoms with Crippen LogP contribution >= 0.6 is 0 Å². The second-order valence-corrected chi connectivity index (χ2v) is 7.58. The van der Waals surface area contributed by atoms with Crippen molar-refractivity contribution in [1.82, 2.24) is 0 Å². The maximum Gasteiger partial charge on any atom is 0.414 e. The van der Waals surface area contributed by atoms with E-state index >= 15 is 0 Å². The lowest BCUT2D eigenvalue weighted by atomic mass is 9.99. The van der Waals surface area contributed by atoms with Gasteiger partial charge in [0.05, 0.1) is 18.3 Å².